The van der Waals surface area contributed by atoms with E-state index in [1.54, 1.807) is 30.0 Å². The number of halogens is 2. The van der Waals surface area contributed by atoms with E-state index in [4.69, 9.17) is 33.9 Å². The van der Waals surface area contributed by atoms with E-state index in [0.29, 0.717) is 59.8 Å². The molecule has 0 spiro atoms. The van der Waals surface area contributed by atoms with Gasteiger partial charge in [0.25, 0.3) is 0 Å². The van der Waals surface area contributed by atoms with Crippen molar-refractivity contribution in [1.82, 2.24) is 14.9 Å². The number of nitrogens with zero attached hydrogens (tertiary/aromatic N) is 4. The number of anilines is 2. The van der Waals surface area contributed by atoms with Crippen LogP contribution in [0.5, 0.6) is 0 Å². The molecule has 2 aromatic carbocycles. The minimum Gasteiger partial charge on any atom is -0.404 e. The number of allylic oxidation sites excluding steroid dienone is 1. The maximum Gasteiger partial charge on any atom is 0.246 e. The predicted octanol–water partition coefficient (Wildman–Crippen LogP) is 4.79. The molecule has 1 aliphatic rings. The second kappa shape index (κ2) is 12.5. The van der Waals surface area contributed by atoms with Crippen LogP contribution < -0.4 is 16.4 Å². The van der Waals surface area contributed by atoms with Gasteiger partial charge in [0.15, 0.2) is 11.6 Å². The fourth-order valence-corrected chi connectivity index (χ4v) is 4.75. The van der Waals surface area contributed by atoms with E-state index in [9.17, 15) is 4.79 Å². The summed E-state index contributed by atoms with van der Waals surface area (Å²) in [6.07, 6.45) is 4.52. The highest BCUT2D eigenvalue weighted by Crippen LogP contribution is 2.41. The molecular weight excluding hydrogens is 519 g/mol. The van der Waals surface area contributed by atoms with Crippen molar-refractivity contribution in [1.29, 1.82) is 10.8 Å². The van der Waals surface area contributed by atoms with Crippen LogP contribution in [0, 0.1) is 23.6 Å². The second-order valence-corrected chi connectivity index (χ2v) is 8.91. The molecule has 0 saturated carbocycles. The quantitative estimate of drug-likeness (QED) is 0.197. The van der Waals surface area contributed by atoms with E-state index >= 15 is 4.39 Å². The van der Waals surface area contributed by atoms with Gasteiger partial charge in [-0.05, 0) is 36.3 Å². The largest absolute Gasteiger partial charge is 0.404 e. The standard InChI is InChI=1S/C26H26ClFN8O.C2H6/c1-3-20(37)35-6-8-36(9-7-35)26-16-10-18(27)22(21-14(2)4-5-19(32)17(21)13-31)23(28)24(16)33-25(34-26)15(11-29)12-30;1-2/h3-5,10-13,29,31H,1,6-9,30,32H2,2H3;1-2H3/b15-12+,29-11?,31-13?;. The molecule has 1 aliphatic heterocycles. The van der Waals surface area contributed by atoms with Gasteiger partial charge in [0.2, 0.25) is 5.91 Å². The Balaban J connectivity index is 0.00000205. The minimum absolute atomic E-state index is 0.0112. The molecule has 0 radical (unpaired) electrons. The molecule has 3 aromatic rings. The molecule has 6 N–H and O–H groups in total. The van der Waals surface area contributed by atoms with Gasteiger partial charge >= 0.3 is 0 Å². The highest BCUT2D eigenvalue weighted by atomic mass is 35.5. The highest BCUT2D eigenvalue weighted by molar-refractivity contribution is 6.34. The lowest BCUT2D eigenvalue weighted by Gasteiger charge is -2.35. The van der Waals surface area contributed by atoms with Crippen molar-refractivity contribution in [2.24, 2.45) is 5.73 Å². The molecule has 9 nitrogen and oxygen atoms in total. The summed E-state index contributed by atoms with van der Waals surface area (Å²) in [4.78, 5) is 24.7. The zero-order chi connectivity index (χ0) is 28.9. The first-order chi connectivity index (χ1) is 18.7. The van der Waals surface area contributed by atoms with Crippen LogP contribution in [0.2, 0.25) is 5.02 Å². The van der Waals surface area contributed by atoms with Crippen LogP contribution in [0.3, 0.4) is 0 Å². The van der Waals surface area contributed by atoms with Crippen LogP contribution >= 0.6 is 11.6 Å². The summed E-state index contributed by atoms with van der Waals surface area (Å²) in [5.74, 6) is -0.376. The molecule has 11 heteroatoms. The number of hydrogen-bond donors (Lipinski definition) is 4. The van der Waals surface area contributed by atoms with E-state index < -0.39 is 5.82 Å². The number of piperazine rings is 1. The molecule has 39 heavy (non-hydrogen) atoms. The lowest BCUT2D eigenvalue weighted by molar-refractivity contribution is -0.126. The van der Waals surface area contributed by atoms with E-state index in [1.165, 1.54) is 12.3 Å². The Morgan fingerprint density at radius 2 is 1.82 bits per heavy atom. The molecule has 0 unspecified atom stereocenters. The number of aryl methyl sites for hydroxylation is 1. The smallest absolute Gasteiger partial charge is 0.246 e. The summed E-state index contributed by atoms with van der Waals surface area (Å²) in [6, 6.07) is 4.99. The normalized spacial score (nSPS) is 13.5. The molecule has 1 saturated heterocycles. The van der Waals surface area contributed by atoms with Gasteiger partial charge in [-0.2, -0.15) is 0 Å². The molecular formula is C28H32ClFN8O. The van der Waals surface area contributed by atoms with Crippen molar-refractivity contribution in [3.05, 3.63) is 64.8 Å². The number of hydrogen-bond acceptors (Lipinski definition) is 8. The maximum absolute atomic E-state index is 16.4. The Labute approximate surface area is 232 Å². The van der Waals surface area contributed by atoms with Crippen LogP contribution in [0.4, 0.5) is 15.9 Å². The lowest BCUT2D eigenvalue weighted by atomic mass is 9.92. The predicted molar refractivity (Wildman–Crippen MR) is 158 cm³/mol. The fourth-order valence-electron chi connectivity index (χ4n) is 4.47. The fraction of sp³-hybridized carbons (Fsp3) is 0.250. The number of carbonyl (C=O) groups is 1. The van der Waals surface area contributed by atoms with Crippen molar-refractivity contribution in [2.45, 2.75) is 20.8 Å². The number of nitrogens with one attached hydrogen (secondary N) is 2. The summed E-state index contributed by atoms with van der Waals surface area (Å²) in [5, 5.41) is 16.1. The molecule has 0 bridgehead atoms. The third-order valence-corrected chi connectivity index (χ3v) is 6.70. The first-order valence-corrected chi connectivity index (χ1v) is 12.8. The Morgan fingerprint density at radius 3 is 2.38 bits per heavy atom. The van der Waals surface area contributed by atoms with Crippen LogP contribution in [-0.4, -0.2) is 59.4 Å². The number of amides is 1. The molecule has 1 fully saturated rings. The number of nitrogen functional groups attached to an aromatic ring is 1. The number of benzene rings is 2. The molecule has 1 amide bonds. The second-order valence-electron chi connectivity index (χ2n) is 8.50. The zero-order valence-electron chi connectivity index (χ0n) is 22.2. The van der Waals surface area contributed by atoms with Crippen molar-refractivity contribution in [3.63, 3.8) is 0 Å². The first kappa shape index (κ1) is 29.2. The van der Waals surface area contributed by atoms with Gasteiger partial charge in [0.05, 0.1) is 10.6 Å². The van der Waals surface area contributed by atoms with Crippen molar-refractivity contribution >= 4 is 57.9 Å². The van der Waals surface area contributed by atoms with Gasteiger partial charge in [-0.15, -0.1) is 0 Å². The molecule has 2 heterocycles. The van der Waals surface area contributed by atoms with Gasteiger partial charge in [0, 0.05) is 67.0 Å². The maximum atomic E-state index is 16.4. The van der Waals surface area contributed by atoms with Crippen LogP contribution in [0.15, 0.2) is 37.1 Å². The number of fused-ring (bicyclic) bond motifs is 1. The van der Waals surface area contributed by atoms with Gasteiger partial charge in [0.1, 0.15) is 11.3 Å². The topological polar surface area (TPSA) is 149 Å². The lowest BCUT2D eigenvalue weighted by Crippen LogP contribution is -2.48. The molecule has 0 aliphatic carbocycles. The first-order valence-electron chi connectivity index (χ1n) is 12.4. The van der Waals surface area contributed by atoms with Gasteiger partial charge < -0.3 is 32.1 Å². The van der Waals surface area contributed by atoms with Crippen LogP contribution in [-0.2, 0) is 4.79 Å². The van der Waals surface area contributed by atoms with Crippen LogP contribution in [0.1, 0.15) is 30.8 Å². The SMILES string of the molecule is C=CC(=O)N1CCN(c2nc(/C(C=N)=C/N)nc3c(F)c(-c4c(C)ccc(N)c4C=N)c(Cl)cc23)CC1.CC. The van der Waals surface area contributed by atoms with E-state index in [-0.39, 0.29) is 33.4 Å². The third-order valence-electron chi connectivity index (χ3n) is 6.40. The Hall–Kier alpha value is -4.31. The van der Waals surface area contributed by atoms with Gasteiger partial charge in [-0.1, -0.05) is 38.1 Å². The van der Waals surface area contributed by atoms with Crippen molar-refractivity contribution in [2.75, 3.05) is 36.8 Å². The number of aromatic nitrogens is 2. The highest BCUT2D eigenvalue weighted by Gasteiger charge is 2.27. The summed E-state index contributed by atoms with van der Waals surface area (Å²) in [7, 11) is 0. The minimum atomic E-state index is -0.703. The van der Waals surface area contributed by atoms with Gasteiger partial charge in [-0.3, -0.25) is 4.79 Å². The number of carbonyl (C=O) groups excluding carboxylic acids is 1. The Kier molecular flexibility index (Phi) is 9.37. The summed E-state index contributed by atoms with van der Waals surface area (Å²) in [5.41, 5.74) is 13.8. The van der Waals surface area contributed by atoms with E-state index in [1.807, 2.05) is 18.7 Å². The summed E-state index contributed by atoms with van der Waals surface area (Å²) in [6.45, 7) is 11.0. The average Bonchev–Trinajstić information content (AvgIpc) is 2.96. The van der Waals surface area contributed by atoms with Crippen LogP contribution in [0.25, 0.3) is 27.6 Å². The monoisotopic (exact) mass is 550 g/mol. The summed E-state index contributed by atoms with van der Waals surface area (Å²) >= 11 is 6.69. The Morgan fingerprint density at radius 1 is 1.15 bits per heavy atom. The third kappa shape index (κ3) is 5.46. The molecule has 1 aromatic heterocycles. The summed E-state index contributed by atoms with van der Waals surface area (Å²) < 4.78 is 16.4. The molecule has 204 valence electrons. The van der Waals surface area contributed by atoms with E-state index in [2.05, 4.69) is 16.5 Å². The number of nitrogens with two attached hydrogens (primary N) is 2. The van der Waals surface area contributed by atoms with E-state index in [0.717, 1.165) is 12.4 Å². The van der Waals surface area contributed by atoms with Crippen molar-refractivity contribution < 1.29 is 9.18 Å². The van der Waals surface area contributed by atoms with Crippen molar-refractivity contribution in [3.8, 4) is 11.1 Å². The van der Waals surface area contributed by atoms with Gasteiger partial charge in [-0.25, -0.2) is 14.4 Å². The Bertz CT molecular complexity index is 1480. The zero-order valence-corrected chi connectivity index (χ0v) is 22.9. The average molecular weight is 551 g/mol. The number of rotatable bonds is 6. The molecule has 4 rings (SSSR count). The molecule has 0 atom stereocenters.